The molecule has 9 nitrogen and oxygen atoms in total. The van der Waals surface area contributed by atoms with Gasteiger partial charge in [-0.05, 0) is 43.4 Å². The van der Waals surface area contributed by atoms with E-state index in [9.17, 15) is 14.4 Å². The summed E-state index contributed by atoms with van der Waals surface area (Å²) < 4.78 is 8.86. The van der Waals surface area contributed by atoms with Gasteiger partial charge in [-0.25, -0.2) is 0 Å². The van der Waals surface area contributed by atoms with Crippen molar-refractivity contribution < 1.29 is 14.3 Å². The van der Waals surface area contributed by atoms with Crippen molar-refractivity contribution in [1.29, 1.82) is 0 Å². The van der Waals surface area contributed by atoms with Gasteiger partial charge in [-0.3, -0.25) is 19.1 Å². The third kappa shape index (κ3) is 4.42. The molecule has 4 rings (SSSR count). The Hall–Kier alpha value is -3.62. The molecule has 1 aliphatic rings. The van der Waals surface area contributed by atoms with Crippen molar-refractivity contribution in [1.82, 2.24) is 19.2 Å². The van der Waals surface area contributed by atoms with E-state index < -0.39 is 5.91 Å². The molecule has 0 aliphatic heterocycles. The number of methoxy groups -OCH3 is 1. The first-order chi connectivity index (χ1) is 16.2. The Labute approximate surface area is 198 Å². The largest absolute Gasteiger partial charge is 0.496 e. The fourth-order valence-corrected chi connectivity index (χ4v) is 4.82. The highest BCUT2D eigenvalue weighted by Crippen LogP contribution is 2.36. The number of amides is 2. The number of anilines is 1. The molecule has 1 saturated carbocycles. The second-order valence-corrected chi connectivity index (χ2v) is 9.15. The number of pyridine rings is 1. The van der Waals surface area contributed by atoms with Crippen LogP contribution in [0.4, 0.5) is 5.69 Å². The van der Waals surface area contributed by atoms with Crippen LogP contribution < -0.4 is 15.6 Å². The number of aromatic nitrogens is 3. The fraction of sp³-hybridized carbons (Fsp3) is 0.440. The van der Waals surface area contributed by atoms with E-state index in [2.05, 4.69) is 12.2 Å². The average Bonchev–Trinajstić information content (AvgIpc) is 3.23. The number of carbonyl (C=O) groups is 2. The van der Waals surface area contributed by atoms with Gasteiger partial charge in [0.05, 0.1) is 24.2 Å². The first-order valence-electron chi connectivity index (χ1n) is 11.5. The first-order valence-corrected chi connectivity index (χ1v) is 11.5. The molecule has 1 aliphatic carbocycles. The van der Waals surface area contributed by atoms with Gasteiger partial charge in [-0.15, -0.1) is 0 Å². The van der Waals surface area contributed by atoms with Crippen LogP contribution in [0.5, 0.6) is 5.75 Å². The van der Waals surface area contributed by atoms with Crippen molar-refractivity contribution in [3.05, 3.63) is 52.6 Å². The molecule has 0 radical (unpaired) electrons. The standard InChI is InChI=1S/C25H31N5O4/c1-15-11-18(29(4)16(2)31)8-9-22(15)30-14-17-12-19(23(34-5)13-21(17)27-30)24(32)26-20-7-6-10-28(3)25(20)33/h6-7,10,12-15,18,22H,8-9,11H2,1-5H3,(H,26,32)/t15-,18-,22-/m1/s1. The number of benzene rings is 1. The van der Waals surface area contributed by atoms with Gasteiger partial charge in [0.15, 0.2) is 0 Å². The van der Waals surface area contributed by atoms with E-state index in [-0.39, 0.29) is 29.2 Å². The third-order valence-corrected chi connectivity index (χ3v) is 6.94. The molecule has 2 aromatic heterocycles. The molecule has 1 N–H and O–H groups in total. The highest BCUT2D eigenvalue weighted by Gasteiger charge is 2.32. The van der Waals surface area contributed by atoms with Gasteiger partial charge >= 0.3 is 0 Å². The molecule has 0 saturated heterocycles. The fourth-order valence-electron chi connectivity index (χ4n) is 4.82. The van der Waals surface area contributed by atoms with Crippen LogP contribution in [0.1, 0.15) is 49.5 Å². The van der Waals surface area contributed by atoms with Crippen molar-refractivity contribution >= 4 is 28.4 Å². The van der Waals surface area contributed by atoms with E-state index in [1.807, 2.05) is 22.8 Å². The normalized spacial score (nSPS) is 20.2. The van der Waals surface area contributed by atoms with E-state index in [0.29, 0.717) is 17.2 Å². The maximum absolute atomic E-state index is 13.0. The summed E-state index contributed by atoms with van der Waals surface area (Å²) in [5.74, 6) is 0.402. The first kappa shape index (κ1) is 23.5. The number of nitrogens with one attached hydrogen (secondary N) is 1. The van der Waals surface area contributed by atoms with Crippen LogP contribution in [0.15, 0.2) is 41.5 Å². The number of ether oxygens (including phenoxy) is 1. The molecule has 0 bridgehead atoms. The molecule has 3 aromatic rings. The van der Waals surface area contributed by atoms with Crippen LogP contribution in [0.25, 0.3) is 10.9 Å². The Morgan fingerprint density at radius 1 is 1.26 bits per heavy atom. The second kappa shape index (κ2) is 9.32. The Kier molecular flexibility index (Phi) is 6.45. The summed E-state index contributed by atoms with van der Waals surface area (Å²) in [5.41, 5.74) is 0.983. The number of rotatable bonds is 5. The van der Waals surface area contributed by atoms with Gasteiger partial charge in [0.25, 0.3) is 11.5 Å². The van der Waals surface area contributed by atoms with Crippen LogP contribution in [-0.2, 0) is 11.8 Å². The Morgan fingerprint density at radius 3 is 2.71 bits per heavy atom. The molecule has 9 heteroatoms. The molecule has 180 valence electrons. The van der Waals surface area contributed by atoms with Gasteiger partial charge < -0.3 is 19.5 Å². The van der Waals surface area contributed by atoms with Crippen molar-refractivity contribution in [2.45, 2.75) is 45.2 Å². The van der Waals surface area contributed by atoms with Gasteiger partial charge in [-0.2, -0.15) is 5.10 Å². The topological polar surface area (TPSA) is 98.5 Å². The summed E-state index contributed by atoms with van der Waals surface area (Å²) in [7, 11) is 5.00. The monoisotopic (exact) mass is 465 g/mol. The SMILES string of the molecule is COc1cc2nn([C@@H]3CC[C@@H](N(C)C(C)=O)C[C@H]3C)cc2cc1C(=O)Nc1cccn(C)c1=O. The predicted octanol–water partition coefficient (Wildman–Crippen LogP) is 3.20. The Bertz CT molecular complexity index is 1290. The summed E-state index contributed by atoms with van der Waals surface area (Å²) in [4.78, 5) is 38.9. The van der Waals surface area contributed by atoms with Crippen molar-refractivity contribution in [3.63, 3.8) is 0 Å². The molecular weight excluding hydrogens is 434 g/mol. The van der Waals surface area contributed by atoms with Gasteiger partial charge in [-0.1, -0.05) is 6.92 Å². The summed E-state index contributed by atoms with van der Waals surface area (Å²) >= 11 is 0. The van der Waals surface area contributed by atoms with E-state index in [1.54, 1.807) is 44.4 Å². The number of hydrogen-bond acceptors (Lipinski definition) is 5. The van der Waals surface area contributed by atoms with Crippen LogP contribution in [0.2, 0.25) is 0 Å². The van der Waals surface area contributed by atoms with Gasteiger partial charge in [0, 0.05) is 50.9 Å². The molecule has 2 heterocycles. The van der Waals surface area contributed by atoms with E-state index in [0.717, 1.165) is 30.2 Å². The molecule has 2 amide bonds. The maximum Gasteiger partial charge on any atom is 0.274 e. The molecule has 1 fully saturated rings. The predicted molar refractivity (Wildman–Crippen MR) is 130 cm³/mol. The van der Waals surface area contributed by atoms with Gasteiger partial charge in [0.2, 0.25) is 5.91 Å². The zero-order valence-electron chi connectivity index (χ0n) is 20.2. The van der Waals surface area contributed by atoms with E-state index >= 15 is 0 Å². The van der Waals surface area contributed by atoms with Crippen LogP contribution >= 0.6 is 0 Å². The molecule has 1 aromatic carbocycles. The lowest BCUT2D eigenvalue weighted by atomic mass is 9.82. The molecule has 34 heavy (non-hydrogen) atoms. The summed E-state index contributed by atoms with van der Waals surface area (Å²) in [6.45, 7) is 3.80. The zero-order valence-corrected chi connectivity index (χ0v) is 20.2. The van der Waals surface area contributed by atoms with E-state index in [4.69, 9.17) is 9.84 Å². The minimum Gasteiger partial charge on any atom is -0.496 e. The number of nitrogens with zero attached hydrogens (tertiary/aromatic N) is 4. The highest BCUT2D eigenvalue weighted by molar-refractivity contribution is 6.08. The van der Waals surface area contributed by atoms with Crippen LogP contribution in [0, 0.1) is 5.92 Å². The molecular formula is C25H31N5O4. The number of carbonyl (C=O) groups excluding carboxylic acids is 2. The third-order valence-electron chi connectivity index (χ3n) is 6.94. The van der Waals surface area contributed by atoms with Crippen molar-refractivity contribution in [2.75, 3.05) is 19.5 Å². The molecule has 0 spiro atoms. The number of aryl methyl sites for hydroxylation is 1. The minimum atomic E-state index is -0.420. The summed E-state index contributed by atoms with van der Waals surface area (Å²) in [5, 5.41) is 8.30. The minimum absolute atomic E-state index is 0.0896. The van der Waals surface area contributed by atoms with Crippen molar-refractivity contribution in [2.24, 2.45) is 13.0 Å². The average molecular weight is 466 g/mol. The zero-order chi connectivity index (χ0) is 24.6. The molecule has 0 unspecified atom stereocenters. The Balaban J connectivity index is 1.60. The lowest BCUT2D eigenvalue weighted by molar-refractivity contribution is -0.130. The molecule has 3 atom stereocenters. The lowest BCUT2D eigenvalue weighted by Crippen LogP contribution is -2.41. The second-order valence-electron chi connectivity index (χ2n) is 9.15. The maximum atomic E-state index is 13.0. The smallest absolute Gasteiger partial charge is 0.274 e. The lowest BCUT2D eigenvalue weighted by Gasteiger charge is -2.38. The number of fused-ring (bicyclic) bond motifs is 1. The van der Waals surface area contributed by atoms with Crippen LogP contribution in [0.3, 0.4) is 0 Å². The van der Waals surface area contributed by atoms with Gasteiger partial charge in [0.1, 0.15) is 11.4 Å². The highest BCUT2D eigenvalue weighted by atomic mass is 16.5. The van der Waals surface area contributed by atoms with Crippen LogP contribution in [-0.4, -0.2) is 51.3 Å². The quantitative estimate of drug-likeness (QED) is 0.624. The van der Waals surface area contributed by atoms with Crippen molar-refractivity contribution in [3.8, 4) is 5.75 Å². The van der Waals surface area contributed by atoms with E-state index in [1.165, 1.54) is 11.7 Å². The summed E-state index contributed by atoms with van der Waals surface area (Å²) in [6, 6.07) is 7.23. The Morgan fingerprint density at radius 2 is 2.03 bits per heavy atom. The number of hydrogen-bond donors (Lipinski definition) is 1. The summed E-state index contributed by atoms with van der Waals surface area (Å²) in [6.07, 6.45) is 6.35.